The van der Waals surface area contributed by atoms with Crippen LogP contribution in [0.4, 0.5) is 0 Å². The molecule has 0 spiro atoms. The molecule has 1 N–H and O–H groups in total. The van der Waals surface area contributed by atoms with Crippen molar-refractivity contribution in [2.45, 2.75) is 6.42 Å². The highest BCUT2D eigenvalue weighted by Gasteiger charge is 2.01. The summed E-state index contributed by atoms with van der Waals surface area (Å²) in [4.78, 5) is 0. The molecule has 16 heavy (non-hydrogen) atoms. The zero-order chi connectivity index (χ0) is 11.8. The lowest BCUT2D eigenvalue weighted by Gasteiger charge is -2.07. The molecule has 0 heterocycles. The van der Waals surface area contributed by atoms with Crippen LogP contribution in [0.15, 0.2) is 18.2 Å². The van der Waals surface area contributed by atoms with Crippen LogP contribution in [0, 0.1) is 0 Å². The summed E-state index contributed by atoms with van der Waals surface area (Å²) < 4.78 is 10.0. The van der Waals surface area contributed by atoms with Crippen LogP contribution in [0.5, 0.6) is 5.75 Å². The van der Waals surface area contributed by atoms with Gasteiger partial charge < -0.3 is 14.8 Å². The topological polar surface area (TPSA) is 30.5 Å². The highest BCUT2D eigenvalue weighted by molar-refractivity contribution is 6.32. The first-order valence-corrected chi connectivity index (χ1v) is 5.67. The van der Waals surface area contributed by atoms with Crippen LogP contribution in [0.2, 0.25) is 5.02 Å². The van der Waals surface area contributed by atoms with Crippen molar-refractivity contribution in [3.63, 3.8) is 0 Å². The van der Waals surface area contributed by atoms with Gasteiger partial charge in [0.05, 0.1) is 18.7 Å². The summed E-state index contributed by atoms with van der Waals surface area (Å²) in [5.41, 5.74) is 1.20. The van der Waals surface area contributed by atoms with Gasteiger partial charge in [-0.1, -0.05) is 17.7 Å². The normalized spacial score (nSPS) is 10.4. The molecule has 1 rings (SSSR count). The fourth-order valence-corrected chi connectivity index (χ4v) is 1.68. The number of nitrogens with one attached hydrogen (secondary N) is 1. The Hall–Kier alpha value is -0.770. The predicted octanol–water partition coefficient (Wildman–Crippen LogP) is 2.13. The fraction of sp³-hybridized carbons (Fsp3) is 0.500. The van der Waals surface area contributed by atoms with Gasteiger partial charge in [0.2, 0.25) is 0 Å². The highest BCUT2D eigenvalue weighted by Crippen LogP contribution is 2.24. The van der Waals surface area contributed by atoms with E-state index in [-0.39, 0.29) is 0 Å². The molecule has 0 saturated carbocycles. The maximum absolute atomic E-state index is 6.03. The largest absolute Gasteiger partial charge is 0.495 e. The second-order valence-electron chi connectivity index (χ2n) is 3.46. The van der Waals surface area contributed by atoms with Gasteiger partial charge in [0, 0.05) is 13.7 Å². The van der Waals surface area contributed by atoms with Gasteiger partial charge in [-0.05, 0) is 30.7 Å². The van der Waals surface area contributed by atoms with Crippen LogP contribution in [0.1, 0.15) is 5.56 Å². The van der Waals surface area contributed by atoms with Gasteiger partial charge >= 0.3 is 0 Å². The zero-order valence-electron chi connectivity index (χ0n) is 9.75. The molecule has 0 unspecified atom stereocenters. The first-order valence-electron chi connectivity index (χ1n) is 5.30. The van der Waals surface area contributed by atoms with Crippen molar-refractivity contribution in [1.82, 2.24) is 5.32 Å². The van der Waals surface area contributed by atoms with E-state index in [4.69, 9.17) is 21.1 Å². The second-order valence-corrected chi connectivity index (χ2v) is 3.87. The van der Waals surface area contributed by atoms with Crippen LogP contribution in [-0.2, 0) is 11.2 Å². The third-order valence-electron chi connectivity index (χ3n) is 2.29. The van der Waals surface area contributed by atoms with E-state index < -0.39 is 0 Å². The van der Waals surface area contributed by atoms with Crippen molar-refractivity contribution in [2.24, 2.45) is 0 Å². The van der Waals surface area contributed by atoms with E-state index in [0.717, 1.165) is 31.9 Å². The van der Waals surface area contributed by atoms with Crippen LogP contribution in [0.3, 0.4) is 0 Å². The molecule has 0 atom stereocenters. The monoisotopic (exact) mass is 243 g/mol. The summed E-state index contributed by atoms with van der Waals surface area (Å²) in [5, 5.41) is 3.95. The third-order valence-corrected chi connectivity index (χ3v) is 2.58. The van der Waals surface area contributed by atoms with E-state index in [1.54, 1.807) is 14.2 Å². The molecular weight excluding hydrogens is 226 g/mol. The van der Waals surface area contributed by atoms with Crippen molar-refractivity contribution in [3.8, 4) is 5.75 Å². The average molecular weight is 244 g/mol. The Balaban J connectivity index is 2.34. The minimum absolute atomic E-state index is 0.664. The molecule has 0 aromatic heterocycles. The third kappa shape index (κ3) is 4.39. The summed E-state index contributed by atoms with van der Waals surface area (Å²) in [7, 11) is 3.32. The van der Waals surface area contributed by atoms with E-state index >= 15 is 0 Å². The van der Waals surface area contributed by atoms with E-state index in [1.165, 1.54) is 5.56 Å². The van der Waals surface area contributed by atoms with Crippen molar-refractivity contribution < 1.29 is 9.47 Å². The smallest absolute Gasteiger partial charge is 0.137 e. The van der Waals surface area contributed by atoms with Gasteiger partial charge in [-0.15, -0.1) is 0 Å². The lowest BCUT2D eigenvalue weighted by Crippen LogP contribution is -2.21. The first-order chi connectivity index (χ1) is 7.77. The van der Waals surface area contributed by atoms with Crippen molar-refractivity contribution in [1.29, 1.82) is 0 Å². The minimum atomic E-state index is 0.664. The van der Waals surface area contributed by atoms with Gasteiger partial charge in [0.1, 0.15) is 5.75 Å². The number of rotatable bonds is 7. The SMILES string of the molecule is COCCNCCc1ccc(OC)c(Cl)c1. The quantitative estimate of drug-likeness (QED) is 0.745. The number of ether oxygens (including phenoxy) is 2. The summed E-state index contributed by atoms with van der Waals surface area (Å²) in [6, 6.07) is 5.87. The summed E-state index contributed by atoms with van der Waals surface area (Å²) >= 11 is 6.03. The van der Waals surface area contributed by atoms with Gasteiger partial charge in [0.15, 0.2) is 0 Å². The van der Waals surface area contributed by atoms with Crippen LogP contribution in [0.25, 0.3) is 0 Å². The molecule has 3 nitrogen and oxygen atoms in total. The molecule has 0 bridgehead atoms. The standard InChI is InChI=1S/C12H18ClNO2/c1-15-8-7-14-6-5-10-3-4-12(16-2)11(13)9-10/h3-4,9,14H,5-8H2,1-2H3. The Labute approximate surface area is 102 Å². The number of hydrogen-bond donors (Lipinski definition) is 1. The second kappa shape index (κ2) is 7.49. The van der Waals surface area contributed by atoms with Gasteiger partial charge in [-0.25, -0.2) is 0 Å². The van der Waals surface area contributed by atoms with E-state index in [9.17, 15) is 0 Å². The first kappa shape index (κ1) is 13.3. The predicted molar refractivity (Wildman–Crippen MR) is 66.5 cm³/mol. The van der Waals surface area contributed by atoms with Crippen molar-refractivity contribution in [2.75, 3.05) is 33.9 Å². The highest BCUT2D eigenvalue weighted by atomic mass is 35.5. The number of benzene rings is 1. The van der Waals surface area contributed by atoms with Gasteiger partial charge in [0.25, 0.3) is 0 Å². The lowest BCUT2D eigenvalue weighted by molar-refractivity contribution is 0.199. The molecule has 0 saturated heterocycles. The Kier molecular flexibility index (Phi) is 6.23. The van der Waals surface area contributed by atoms with Crippen LogP contribution in [-0.4, -0.2) is 33.9 Å². The molecule has 1 aromatic carbocycles. The van der Waals surface area contributed by atoms with Gasteiger partial charge in [-0.2, -0.15) is 0 Å². The Morgan fingerprint density at radius 1 is 1.25 bits per heavy atom. The molecule has 0 fully saturated rings. The summed E-state index contributed by atoms with van der Waals surface area (Å²) in [5.74, 6) is 0.720. The number of hydrogen-bond acceptors (Lipinski definition) is 3. The number of halogens is 1. The van der Waals surface area contributed by atoms with E-state index in [2.05, 4.69) is 5.32 Å². The Bertz CT molecular complexity index is 318. The summed E-state index contributed by atoms with van der Waals surface area (Å²) in [6.07, 6.45) is 0.952. The van der Waals surface area contributed by atoms with Gasteiger partial charge in [-0.3, -0.25) is 0 Å². The summed E-state index contributed by atoms with van der Waals surface area (Å²) in [6.45, 7) is 2.54. The molecule has 0 aliphatic carbocycles. The molecular formula is C12H18ClNO2. The fourth-order valence-electron chi connectivity index (χ4n) is 1.40. The van der Waals surface area contributed by atoms with Crippen molar-refractivity contribution in [3.05, 3.63) is 28.8 Å². The molecule has 0 radical (unpaired) electrons. The molecule has 90 valence electrons. The van der Waals surface area contributed by atoms with Crippen LogP contribution < -0.4 is 10.1 Å². The maximum Gasteiger partial charge on any atom is 0.137 e. The molecule has 0 amide bonds. The van der Waals surface area contributed by atoms with E-state index in [1.807, 2.05) is 18.2 Å². The molecule has 4 heteroatoms. The molecule has 0 aliphatic rings. The average Bonchev–Trinajstić information content (AvgIpc) is 2.29. The van der Waals surface area contributed by atoms with Crippen molar-refractivity contribution >= 4 is 11.6 Å². The number of methoxy groups -OCH3 is 2. The Morgan fingerprint density at radius 3 is 2.69 bits per heavy atom. The lowest BCUT2D eigenvalue weighted by atomic mass is 10.1. The van der Waals surface area contributed by atoms with E-state index in [0.29, 0.717) is 5.02 Å². The molecule has 1 aromatic rings. The maximum atomic E-state index is 6.03. The molecule has 0 aliphatic heterocycles. The Morgan fingerprint density at radius 2 is 2.06 bits per heavy atom. The minimum Gasteiger partial charge on any atom is -0.495 e. The van der Waals surface area contributed by atoms with Crippen LogP contribution >= 0.6 is 11.6 Å². The zero-order valence-corrected chi connectivity index (χ0v) is 10.5.